The predicted octanol–water partition coefficient (Wildman–Crippen LogP) is 6.44. The van der Waals surface area contributed by atoms with Crippen LogP contribution in [0, 0.1) is 13.8 Å². The van der Waals surface area contributed by atoms with E-state index in [1.807, 2.05) is 69.3 Å². The molecule has 32 heavy (non-hydrogen) atoms. The van der Waals surface area contributed by atoms with Crippen LogP contribution < -0.4 is 10.1 Å². The second-order valence-corrected chi connectivity index (χ2v) is 8.01. The summed E-state index contributed by atoms with van der Waals surface area (Å²) < 4.78 is 11.6. The highest BCUT2D eigenvalue weighted by molar-refractivity contribution is 6.01. The molecule has 0 fully saturated rings. The van der Waals surface area contributed by atoms with Gasteiger partial charge in [0.2, 0.25) is 5.91 Å². The molecule has 1 amide bonds. The quantitative estimate of drug-likeness (QED) is 0.361. The highest BCUT2D eigenvalue weighted by Gasteiger charge is 2.18. The first-order chi connectivity index (χ1) is 15.5. The number of allylic oxidation sites excluding steroid dienone is 1. The molecule has 0 aliphatic carbocycles. The molecule has 4 aromatic rings. The number of ether oxygens (including phenoxy) is 1. The van der Waals surface area contributed by atoms with E-state index in [-0.39, 0.29) is 5.91 Å². The van der Waals surface area contributed by atoms with Gasteiger partial charge in [-0.15, -0.1) is 0 Å². The van der Waals surface area contributed by atoms with E-state index < -0.39 is 0 Å². The summed E-state index contributed by atoms with van der Waals surface area (Å²) in [6.07, 6.45) is 3.41. The Balaban J connectivity index is 1.67. The monoisotopic (exact) mass is 425 g/mol. The molecule has 0 unspecified atom stereocenters. The van der Waals surface area contributed by atoms with Crippen molar-refractivity contribution in [3.63, 3.8) is 0 Å². The number of furan rings is 1. The minimum atomic E-state index is -0.140. The van der Waals surface area contributed by atoms with Crippen molar-refractivity contribution >= 4 is 22.4 Å². The summed E-state index contributed by atoms with van der Waals surface area (Å²) in [7, 11) is 1.64. The number of methoxy groups -OCH3 is 1. The van der Waals surface area contributed by atoms with Crippen LogP contribution in [0.5, 0.6) is 5.75 Å². The van der Waals surface area contributed by atoms with Crippen LogP contribution in [-0.4, -0.2) is 13.0 Å². The van der Waals surface area contributed by atoms with E-state index in [0.717, 1.165) is 44.4 Å². The topological polar surface area (TPSA) is 51.5 Å². The van der Waals surface area contributed by atoms with Gasteiger partial charge in [-0.3, -0.25) is 4.79 Å². The van der Waals surface area contributed by atoms with Gasteiger partial charge in [-0.25, -0.2) is 0 Å². The zero-order valence-electron chi connectivity index (χ0n) is 18.9. The first-order valence-electron chi connectivity index (χ1n) is 10.6. The highest BCUT2D eigenvalue weighted by atomic mass is 16.5. The molecule has 0 saturated heterocycles. The van der Waals surface area contributed by atoms with Crippen LogP contribution in [-0.2, 0) is 11.3 Å². The smallest absolute Gasteiger partial charge is 0.244 e. The van der Waals surface area contributed by atoms with Gasteiger partial charge in [0.1, 0.15) is 11.3 Å². The summed E-state index contributed by atoms with van der Waals surface area (Å²) in [6, 6.07) is 20.3. The largest absolute Gasteiger partial charge is 0.496 e. The van der Waals surface area contributed by atoms with Crippen molar-refractivity contribution in [2.75, 3.05) is 7.11 Å². The fourth-order valence-corrected chi connectivity index (χ4v) is 3.93. The van der Waals surface area contributed by atoms with E-state index in [4.69, 9.17) is 9.15 Å². The Kier molecular flexibility index (Phi) is 6.13. The first-order valence-corrected chi connectivity index (χ1v) is 10.6. The van der Waals surface area contributed by atoms with Crippen LogP contribution in [0.4, 0.5) is 0 Å². The van der Waals surface area contributed by atoms with Gasteiger partial charge < -0.3 is 14.5 Å². The molecule has 0 spiro atoms. The molecule has 162 valence electrons. The number of fused-ring (bicyclic) bond motifs is 1. The van der Waals surface area contributed by atoms with Gasteiger partial charge in [0.05, 0.1) is 13.4 Å². The Labute approximate surface area is 188 Å². The zero-order valence-corrected chi connectivity index (χ0v) is 18.9. The molecule has 4 rings (SSSR count). The summed E-state index contributed by atoms with van der Waals surface area (Å²) in [5, 5.41) is 3.96. The number of nitrogens with one attached hydrogen (secondary N) is 1. The van der Waals surface area contributed by atoms with E-state index in [2.05, 4.69) is 17.4 Å². The van der Waals surface area contributed by atoms with E-state index in [1.165, 1.54) is 5.56 Å². The summed E-state index contributed by atoms with van der Waals surface area (Å²) >= 11 is 0. The molecule has 0 aliphatic heterocycles. The maximum atomic E-state index is 12.6. The number of hydrogen-bond acceptors (Lipinski definition) is 3. The minimum absolute atomic E-state index is 0.140. The van der Waals surface area contributed by atoms with Crippen LogP contribution in [0.25, 0.3) is 27.7 Å². The molecule has 4 heteroatoms. The Hall–Kier alpha value is -3.79. The van der Waals surface area contributed by atoms with E-state index >= 15 is 0 Å². The SMILES string of the molecule is COc1c(/C(C)=C/C(=O)NCc2ccc(C)cc2)cc2c(-c3ccccc3)coc2c1C. The number of carbonyl (C=O) groups excluding carboxylic acids is 1. The van der Waals surface area contributed by atoms with Crippen LogP contribution >= 0.6 is 0 Å². The Morgan fingerprint density at radius 2 is 1.78 bits per heavy atom. The van der Waals surface area contributed by atoms with Crippen molar-refractivity contribution in [2.45, 2.75) is 27.3 Å². The summed E-state index contributed by atoms with van der Waals surface area (Å²) in [5.41, 5.74) is 7.77. The van der Waals surface area contributed by atoms with Gasteiger partial charge >= 0.3 is 0 Å². The summed E-state index contributed by atoms with van der Waals surface area (Å²) in [6.45, 7) is 6.44. The maximum absolute atomic E-state index is 12.6. The average molecular weight is 426 g/mol. The lowest BCUT2D eigenvalue weighted by Gasteiger charge is -2.13. The van der Waals surface area contributed by atoms with Crippen molar-refractivity contribution in [2.24, 2.45) is 0 Å². The average Bonchev–Trinajstić information content (AvgIpc) is 3.23. The first kappa shape index (κ1) is 21.4. The Morgan fingerprint density at radius 3 is 2.47 bits per heavy atom. The Morgan fingerprint density at radius 1 is 1.06 bits per heavy atom. The summed E-state index contributed by atoms with van der Waals surface area (Å²) in [4.78, 5) is 12.6. The molecular formula is C28H27NO3. The van der Waals surface area contributed by atoms with E-state index in [1.54, 1.807) is 19.4 Å². The lowest BCUT2D eigenvalue weighted by molar-refractivity contribution is -0.116. The standard InChI is InChI=1S/C28H27NO3/c1-18-10-12-21(13-11-18)16-29-26(30)14-19(2)23-15-24-25(22-8-6-5-7-9-22)17-32-28(24)20(3)27(23)31-4/h5-15,17H,16H2,1-4H3,(H,29,30)/b19-14+. The second kappa shape index (κ2) is 9.15. The van der Waals surface area contributed by atoms with Gasteiger partial charge in [-0.2, -0.15) is 0 Å². The van der Waals surface area contributed by atoms with Crippen molar-refractivity contribution < 1.29 is 13.9 Å². The maximum Gasteiger partial charge on any atom is 0.244 e. The molecule has 0 atom stereocenters. The second-order valence-electron chi connectivity index (χ2n) is 8.01. The van der Waals surface area contributed by atoms with Gasteiger partial charge in [-0.1, -0.05) is 60.2 Å². The van der Waals surface area contributed by atoms with Crippen molar-refractivity contribution in [3.8, 4) is 16.9 Å². The van der Waals surface area contributed by atoms with Gasteiger partial charge in [-0.05, 0) is 43.5 Å². The van der Waals surface area contributed by atoms with Crippen LogP contribution in [0.1, 0.15) is 29.2 Å². The van der Waals surface area contributed by atoms with Crippen LogP contribution in [0.3, 0.4) is 0 Å². The molecular weight excluding hydrogens is 398 g/mol. The van der Waals surface area contributed by atoms with Crippen molar-refractivity contribution in [1.29, 1.82) is 0 Å². The molecule has 3 aromatic carbocycles. The van der Waals surface area contributed by atoms with Crippen LogP contribution in [0.15, 0.2) is 77.4 Å². The number of aryl methyl sites for hydroxylation is 2. The molecule has 1 heterocycles. The normalized spacial score (nSPS) is 11.6. The number of hydrogen-bond donors (Lipinski definition) is 1. The van der Waals surface area contributed by atoms with Crippen molar-refractivity contribution in [3.05, 3.63) is 95.3 Å². The molecule has 1 N–H and O–H groups in total. The van der Waals surface area contributed by atoms with Crippen LogP contribution in [0.2, 0.25) is 0 Å². The van der Waals surface area contributed by atoms with Gasteiger partial charge in [0.15, 0.2) is 0 Å². The molecule has 4 nitrogen and oxygen atoms in total. The number of rotatable bonds is 6. The van der Waals surface area contributed by atoms with Gasteiger partial charge in [0, 0.05) is 34.7 Å². The Bertz CT molecular complexity index is 1280. The fraction of sp³-hybridized carbons (Fsp3) is 0.179. The minimum Gasteiger partial charge on any atom is -0.496 e. The fourth-order valence-electron chi connectivity index (χ4n) is 3.93. The van der Waals surface area contributed by atoms with E-state index in [9.17, 15) is 4.79 Å². The third-order valence-corrected chi connectivity index (χ3v) is 5.69. The predicted molar refractivity (Wildman–Crippen MR) is 130 cm³/mol. The molecule has 0 saturated carbocycles. The molecule has 0 radical (unpaired) electrons. The highest BCUT2D eigenvalue weighted by Crippen LogP contribution is 2.40. The zero-order chi connectivity index (χ0) is 22.7. The molecule has 0 bridgehead atoms. The van der Waals surface area contributed by atoms with Crippen molar-refractivity contribution in [1.82, 2.24) is 5.32 Å². The lowest BCUT2D eigenvalue weighted by Crippen LogP contribution is -2.20. The third-order valence-electron chi connectivity index (χ3n) is 5.69. The summed E-state index contributed by atoms with van der Waals surface area (Å²) in [5.74, 6) is 0.574. The van der Waals surface area contributed by atoms with Gasteiger partial charge in [0.25, 0.3) is 0 Å². The lowest BCUT2D eigenvalue weighted by atomic mass is 9.96. The number of amides is 1. The molecule has 1 aromatic heterocycles. The third kappa shape index (κ3) is 4.30. The molecule has 0 aliphatic rings. The number of benzene rings is 3. The number of carbonyl (C=O) groups is 1. The van der Waals surface area contributed by atoms with E-state index in [0.29, 0.717) is 12.3 Å².